The average molecular weight is 242 g/mol. The van der Waals surface area contributed by atoms with E-state index in [2.05, 4.69) is 4.98 Å². The highest BCUT2D eigenvalue weighted by Gasteiger charge is 2.23. The van der Waals surface area contributed by atoms with Crippen LogP contribution in [0.15, 0.2) is 6.07 Å². The summed E-state index contributed by atoms with van der Waals surface area (Å²) in [6.45, 7) is 0. The lowest BCUT2D eigenvalue weighted by atomic mass is 10.2. The van der Waals surface area contributed by atoms with E-state index in [0.29, 0.717) is 0 Å². The van der Waals surface area contributed by atoms with Gasteiger partial charge < -0.3 is 5.11 Å². The molecule has 76 valence electrons. The van der Waals surface area contributed by atoms with E-state index in [1.54, 1.807) is 0 Å². The van der Waals surface area contributed by atoms with Crippen molar-refractivity contribution in [3.63, 3.8) is 0 Å². The zero-order valence-corrected chi connectivity index (χ0v) is 7.98. The minimum absolute atomic E-state index is 0.268. The Kier molecular flexibility index (Phi) is 3.23. The first kappa shape index (κ1) is 11.1. The van der Waals surface area contributed by atoms with Crippen molar-refractivity contribution in [1.82, 2.24) is 4.98 Å². The van der Waals surface area contributed by atoms with Crippen LogP contribution in [0, 0.1) is 0 Å². The molecule has 0 atom stereocenters. The number of carboxylic acid groups (broad SMARTS) is 1. The van der Waals surface area contributed by atoms with Gasteiger partial charge >= 0.3 is 5.97 Å². The third kappa shape index (κ3) is 2.10. The number of pyridine rings is 1. The fourth-order valence-electron chi connectivity index (χ4n) is 0.872. The van der Waals surface area contributed by atoms with Crippen LogP contribution in [0.1, 0.15) is 22.5 Å². The van der Waals surface area contributed by atoms with Crippen LogP contribution in [-0.2, 0) is 0 Å². The molecule has 0 fully saturated rings. The van der Waals surface area contributed by atoms with Crippen molar-refractivity contribution in [1.29, 1.82) is 0 Å². The van der Waals surface area contributed by atoms with Crippen LogP contribution >= 0.6 is 23.2 Å². The number of alkyl halides is 2. The van der Waals surface area contributed by atoms with Gasteiger partial charge in [-0.05, 0) is 6.07 Å². The predicted molar refractivity (Wildman–Crippen MR) is 46.2 cm³/mol. The number of halogens is 4. The Hall–Kier alpha value is -0.940. The van der Waals surface area contributed by atoms with Gasteiger partial charge in [0.2, 0.25) is 0 Å². The molecule has 0 radical (unpaired) electrons. The maximum absolute atomic E-state index is 12.3. The maximum atomic E-state index is 12.3. The number of hydrogen-bond acceptors (Lipinski definition) is 2. The second kappa shape index (κ2) is 4.06. The molecule has 7 heteroatoms. The van der Waals surface area contributed by atoms with Crippen molar-refractivity contribution in [3.05, 3.63) is 27.5 Å². The molecule has 1 N–H and O–H groups in total. The van der Waals surface area contributed by atoms with Gasteiger partial charge in [-0.15, -0.1) is 0 Å². The summed E-state index contributed by atoms with van der Waals surface area (Å²) in [6.07, 6.45) is -3.03. The largest absolute Gasteiger partial charge is 0.478 e. The first-order valence-electron chi connectivity index (χ1n) is 3.31. The van der Waals surface area contributed by atoms with Crippen molar-refractivity contribution >= 4 is 29.2 Å². The molecule has 1 rings (SSSR count). The molecule has 0 aliphatic carbocycles. The summed E-state index contributed by atoms with van der Waals surface area (Å²) >= 11 is 10.8. The molecular formula is C7H3Cl2F2NO2. The van der Waals surface area contributed by atoms with Gasteiger partial charge in [0.1, 0.15) is 16.4 Å². The van der Waals surface area contributed by atoms with Crippen LogP contribution in [0.25, 0.3) is 0 Å². The maximum Gasteiger partial charge on any atom is 0.339 e. The van der Waals surface area contributed by atoms with E-state index in [1.807, 2.05) is 0 Å². The van der Waals surface area contributed by atoms with E-state index < -0.39 is 23.7 Å². The van der Waals surface area contributed by atoms with E-state index >= 15 is 0 Å². The fourth-order valence-corrected chi connectivity index (χ4v) is 1.41. The molecule has 0 aliphatic heterocycles. The Morgan fingerprint density at radius 1 is 1.50 bits per heavy atom. The van der Waals surface area contributed by atoms with Crippen LogP contribution < -0.4 is 0 Å². The molecule has 0 aromatic carbocycles. The first-order valence-corrected chi connectivity index (χ1v) is 4.06. The summed E-state index contributed by atoms with van der Waals surface area (Å²) in [5.74, 6) is -1.56. The van der Waals surface area contributed by atoms with Crippen LogP contribution in [0.2, 0.25) is 10.2 Å². The quantitative estimate of drug-likeness (QED) is 0.810. The van der Waals surface area contributed by atoms with Gasteiger partial charge in [0.25, 0.3) is 6.43 Å². The normalized spacial score (nSPS) is 10.6. The van der Waals surface area contributed by atoms with Gasteiger partial charge in [-0.2, -0.15) is 0 Å². The van der Waals surface area contributed by atoms with Gasteiger partial charge in [0.05, 0.1) is 5.02 Å². The van der Waals surface area contributed by atoms with Crippen molar-refractivity contribution < 1.29 is 18.7 Å². The summed E-state index contributed by atoms with van der Waals surface area (Å²) in [4.78, 5) is 13.8. The summed E-state index contributed by atoms with van der Waals surface area (Å²) in [7, 11) is 0. The number of rotatable bonds is 2. The monoisotopic (exact) mass is 241 g/mol. The van der Waals surface area contributed by atoms with Gasteiger partial charge in [0, 0.05) is 0 Å². The topological polar surface area (TPSA) is 50.2 Å². The van der Waals surface area contributed by atoms with Crippen molar-refractivity contribution in [2.45, 2.75) is 6.43 Å². The highest BCUT2D eigenvalue weighted by Crippen LogP contribution is 2.28. The molecule has 0 bridgehead atoms. The average Bonchev–Trinajstić information content (AvgIpc) is 2.01. The number of carboxylic acids is 1. The van der Waals surface area contributed by atoms with E-state index in [1.165, 1.54) is 0 Å². The van der Waals surface area contributed by atoms with Gasteiger partial charge in [0.15, 0.2) is 0 Å². The summed E-state index contributed by atoms with van der Waals surface area (Å²) < 4.78 is 24.6. The van der Waals surface area contributed by atoms with Gasteiger partial charge in [-0.1, -0.05) is 23.2 Å². The Labute approximate surface area is 87.3 Å². The number of aromatic carboxylic acids is 1. The number of aromatic nitrogens is 1. The van der Waals surface area contributed by atoms with Gasteiger partial charge in [-0.3, -0.25) is 0 Å². The van der Waals surface area contributed by atoms with Crippen molar-refractivity contribution in [2.24, 2.45) is 0 Å². The molecule has 14 heavy (non-hydrogen) atoms. The lowest BCUT2D eigenvalue weighted by Gasteiger charge is -2.06. The second-order valence-corrected chi connectivity index (χ2v) is 3.09. The van der Waals surface area contributed by atoms with Crippen LogP contribution in [0.3, 0.4) is 0 Å². The zero-order valence-electron chi connectivity index (χ0n) is 6.47. The molecule has 1 aromatic heterocycles. The van der Waals surface area contributed by atoms with Crippen LogP contribution in [0.4, 0.5) is 8.78 Å². The zero-order chi connectivity index (χ0) is 10.9. The molecule has 0 aliphatic rings. The highest BCUT2D eigenvalue weighted by atomic mass is 35.5. The van der Waals surface area contributed by atoms with E-state index in [4.69, 9.17) is 28.3 Å². The van der Waals surface area contributed by atoms with Crippen molar-refractivity contribution in [2.75, 3.05) is 0 Å². The summed E-state index contributed by atoms with van der Waals surface area (Å²) in [5, 5.41) is 7.96. The lowest BCUT2D eigenvalue weighted by molar-refractivity contribution is 0.0682. The van der Waals surface area contributed by atoms with E-state index in [-0.39, 0.29) is 10.2 Å². The van der Waals surface area contributed by atoms with Gasteiger partial charge in [-0.25, -0.2) is 18.6 Å². The highest BCUT2D eigenvalue weighted by molar-refractivity contribution is 6.36. The standard InChI is InChI=1S/C7H3Cl2F2NO2/c8-2-1-3(9)12-5(6(10)11)4(2)7(13)14/h1,6H,(H,13,14). The SMILES string of the molecule is O=C(O)c1c(Cl)cc(Cl)nc1C(F)F. The number of hydrogen-bond donors (Lipinski definition) is 1. The Bertz CT molecular complexity index is 384. The fraction of sp³-hybridized carbons (Fsp3) is 0.143. The third-order valence-electron chi connectivity index (χ3n) is 1.39. The number of nitrogens with zero attached hydrogens (tertiary/aromatic N) is 1. The molecule has 0 unspecified atom stereocenters. The molecular weight excluding hydrogens is 239 g/mol. The molecule has 3 nitrogen and oxygen atoms in total. The van der Waals surface area contributed by atoms with E-state index in [9.17, 15) is 13.6 Å². The predicted octanol–water partition coefficient (Wildman–Crippen LogP) is 3.02. The molecule has 1 heterocycles. The molecule has 0 saturated carbocycles. The lowest BCUT2D eigenvalue weighted by Crippen LogP contribution is -2.06. The molecule has 1 aromatic rings. The van der Waals surface area contributed by atoms with Crippen LogP contribution in [-0.4, -0.2) is 16.1 Å². The second-order valence-electron chi connectivity index (χ2n) is 2.29. The Morgan fingerprint density at radius 2 is 2.07 bits per heavy atom. The minimum atomic E-state index is -3.03. The third-order valence-corrected chi connectivity index (χ3v) is 1.88. The Balaban J connectivity index is 3.44. The summed E-state index contributed by atoms with van der Waals surface area (Å²) in [5.41, 5.74) is -1.64. The van der Waals surface area contributed by atoms with Crippen molar-refractivity contribution in [3.8, 4) is 0 Å². The molecule has 0 amide bonds. The van der Waals surface area contributed by atoms with E-state index in [0.717, 1.165) is 6.07 Å². The van der Waals surface area contributed by atoms with Crippen LogP contribution in [0.5, 0.6) is 0 Å². The summed E-state index contributed by atoms with van der Waals surface area (Å²) in [6, 6.07) is 0.998. The number of carbonyl (C=O) groups is 1. The smallest absolute Gasteiger partial charge is 0.339 e. The molecule has 0 saturated heterocycles. The first-order chi connectivity index (χ1) is 6.43. The molecule has 0 spiro atoms. The Morgan fingerprint density at radius 3 is 2.50 bits per heavy atom. The minimum Gasteiger partial charge on any atom is -0.478 e.